The van der Waals surface area contributed by atoms with E-state index in [0.29, 0.717) is 34.7 Å². The summed E-state index contributed by atoms with van der Waals surface area (Å²) < 4.78 is 5.20. The molecule has 1 atom stereocenters. The molecule has 0 bridgehead atoms. The second-order valence-electron chi connectivity index (χ2n) is 7.61. The van der Waals surface area contributed by atoms with Crippen LogP contribution in [-0.2, 0) is 6.42 Å². The number of aromatic amines is 1. The maximum Gasteiger partial charge on any atom is 0.258 e. The molecule has 1 aliphatic carbocycles. The van der Waals surface area contributed by atoms with Crippen molar-refractivity contribution in [2.45, 2.75) is 18.8 Å². The van der Waals surface area contributed by atoms with Crippen LogP contribution in [0.1, 0.15) is 34.0 Å². The molecular weight excluding hydrogens is 408 g/mol. The molecule has 1 unspecified atom stereocenters. The summed E-state index contributed by atoms with van der Waals surface area (Å²) in [7, 11) is 1.63. The van der Waals surface area contributed by atoms with E-state index in [2.05, 4.69) is 9.97 Å². The number of pyridine rings is 1. The largest absolute Gasteiger partial charge is 0.497 e. The molecule has 154 valence electrons. The average molecular weight is 429 g/mol. The Morgan fingerprint density at radius 2 is 1.77 bits per heavy atom. The highest BCUT2D eigenvalue weighted by molar-refractivity contribution is 7.13. The SMILES string of the molecule is COc1ccc(-c2csc(-c3cc4c([nH]c3=O)CC(c3ccccc3)CC4=O)n2)cc1. The van der Waals surface area contributed by atoms with E-state index in [1.807, 2.05) is 60.0 Å². The van der Waals surface area contributed by atoms with Gasteiger partial charge in [-0.25, -0.2) is 4.98 Å². The Labute approximate surface area is 183 Å². The van der Waals surface area contributed by atoms with Crippen LogP contribution in [0.4, 0.5) is 0 Å². The van der Waals surface area contributed by atoms with E-state index in [9.17, 15) is 9.59 Å². The number of nitrogens with one attached hydrogen (secondary N) is 1. The van der Waals surface area contributed by atoms with Gasteiger partial charge in [0.15, 0.2) is 5.78 Å². The second-order valence-corrected chi connectivity index (χ2v) is 8.47. The quantitative estimate of drug-likeness (QED) is 0.492. The topological polar surface area (TPSA) is 72.1 Å². The first kappa shape index (κ1) is 19.5. The molecule has 2 heterocycles. The van der Waals surface area contributed by atoms with Crippen LogP contribution >= 0.6 is 11.3 Å². The number of carbonyl (C=O) groups excluding carboxylic acids is 1. The van der Waals surface area contributed by atoms with Gasteiger partial charge in [0.2, 0.25) is 0 Å². The predicted octanol–water partition coefficient (Wildman–Crippen LogP) is 5.09. The van der Waals surface area contributed by atoms with Crippen molar-refractivity contribution in [3.05, 3.63) is 93.2 Å². The van der Waals surface area contributed by atoms with Crippen LogP contribution in [0, 0.1) is 0 Å². The van der Waals surface area contributed by atoms with E-state index in [-0.39, 0.29) is 17.3 Å². The van der Waals surface area contributed by atoms with Gasteiger partial charge in [0.05, 0.1) is 18.4 Å². The van der Waals surface area contributed by atoms with Crippen LogP contribution in [0.3, 0.4) is 0 Å². The summed E-state index contributed by atoms with van der Waals surface area (Å²) in [4.78, 5) is 33.4. The van der Waals surface area contributed by atoms with Gasteiger partial charge in [0.25, 0.3) is 5.56 Å². The Hall–Kier alpha value is -3.51. The van der Waals surface area contributed by atoms with Gasteiger partial charge in [0, 0.05) is 28.6 Å². The molecule has 6 heteroatoms. The lowest BCUT2D eigenvalue weighted by Crippen LogP contribution is -2.24. The zero-order valence-electron chi connectivity index (χ0n) is 16.9. The number of methoxy groups -OCH3 is 1. The van der Waals surface area contributed by atoms with E-state index in [0.717, 1.165) is 22.6 Å². The van der Waals surface area contributed by atoms with Gasteiger partial charge in [-0.05, 0) is 48.2 Å². The number of benzene rings is 2. The second kappa shape index (κ2) is 7.96. The lowest BCUT2D eigenvalue weighted by atomic mass is 9.81. The van der Waals surface area contributed by atoms with Crippen molar-refractivity contribution in [2.24, 2.45) is 0 Å². The number of H-pyrrole nitrogens is 1. The average Bonchev–Trinajstić information content (AvgIpc) is 3.29. The molecule has 2 aromatic carbocycles. The van der Waals surface area contributed by atoms with Gasteiger partial charge in [-0.2, -0.15) is 0 Å². The van der Waals surface area contributed by atoms with Crippen molar-refractivity contribution in [3.8, 4) is 27.6 Å². The first-order chi connectivity index (χ1) is 15.1. The van der Waals surface area contributed by atoms with Gasteiger partial charge in [-0.3, -0.25) is 9.59 Å². The molecule has 31 heavy (non-hydrogen) atoms. The molecule has 0 fully saturated rings. The summed E-state index contributed by atoms with van der Waals surface area (Å²) in [6.45, 7) is 0. The molecule has 5 nitrogen and oxygen atoms in total. The third kappa shape index (κ3) is 3.70. The van der Waals surface area contributed by atoms with Crippen LogP contribution in [0.5, 0.6) is 5.75 Å². The van der Waals surface area contributed by atoms with Crippen LogP contribution < -0.4 is 10.3 Å². The number of hydrogen-bond donors (Lipinski definition) is 1. The van der Waals surface area contributed by atoms with Crippen LogP contribution in [0.25, 0.3) is 21.8 Å². The van der Waals surface area contributed by atoms with Gasteiger partial charge < -0.3 is 9.72 Å². The summed E-state index contributed by atoms with van der Waals surface area (Å²) in [6, 6.07) is 19.3. The normalized spacial score (nSPS) is 15.5. The van der Waals surface area contributed by atoms with Gasteiger partial charge >= 0.3 is 0 Å². The number of hydrogen-bond acceptors (Lipinski definition) is 5. The maximum absolute atomic E-state index is 12.9. The molecule has 1 N–H and O–H groups in total. The molecule has 0 spiro atoms. The highest BCUT2D eigenvalue weighted by Gasteiger charge is 2.28. The maximum atomic E-state index is 12.9. The highest BCUT2D eigenvalue weighted by atomic mass is 32.1. The molecular formula is C25H20N2O3S. The molecule has 0 amide bonds. The fourth-order valence-corrected chi connectivity index (χ4v) is 4.88. The Bertz CT molecular complexity index is 1310. The fraction of sp³-hybridized carbons (Fsp3) is 0.160. The fourth-order valence-electron chi connectivity index (χ4n) is 4.04. The van der Waals surface area contributed by atoms with Crippen molar-refractivity contribution in [2.75, 3.05) is 7.11 Å². The number of ether oxygens (including phenoxy) is 1. The minimum Gasteiger partial charge on any atom is -0.497 e. The minimum absolute atomic E-state index is 0.0551. The number of fused-ring (bicyclic) bond motifs is 1. The number of carbonyl (C=O) groups is 1. The molecule has 4 aromatic rings. The third-order valence-electron chi connectivity index (χ3n) is 5.70. The smallest absolute Gasteiger partial charge is 0.258 e. The predicted molar refractivity (Wildman–Crippen MR) is 122 cm³/mol. The lowest BCUT2D eigenvalue weighted by Gasteiger charge is -2.24. The molecule has 0 saturated carbocycles. The lowest BCUT2D eigenvalue weighted by molar-refractivity contribution is 0.0963. The zero-order chi connectivity index (χ0) is 21.4. The Morgan fingerprint density at radius 3 is 2.52 bits per heavy atom. The van der Waals surface area contributed by atoms with Crippen LogP contribution in [0.2, 0.25) is 0 Å². The first-order valence-corrected chi connectivity index (χ1v) is 10.9. The summed E-state index contributed by atoms with van der Waals surface area (Å²) in [5.74, 6) is 0.918. The highest BCUT2D eigenvalue weighted by Crippen LogP contribution is 2.34. The van der Waals surface area contributed by atoms with E-state index in [1.54, 1.807) is 13.2 Å². The van der Waals surface area contributed by atoms with Gasteiger partial charge in [-0.1, -0.05) is 30.3 Å². The van der Waals surface area contributed by atoms with Gasteiger partial charge in [-0.15, -0.1) is 11.3 Å². The molecule has 5 rings (SSSR count). The molecule has 0 radical (unpaired) electrons. The third-order valence-corrected chi connectivity index (χ3v) is 6.57. The number of Topliss-reactive ketones (excluding diaryl/α,β-unsaturated/α-hetero) is 1. The molecule has 2 aromatic heterocycles. The standard InChI is InChI=1S/C25H20N2O3S/c1-30-18-9-7-16(8-10-18)22-14-31-25(27-22)20-13-19-21(26-24(20)29)11-17(12-23(19)28)15-5-3-2-4-6-15/h2-10,13-14,17H,11-12H2,1H3,(H,26,29). The first-order valence-electron chi connectivity index (χ1n) is 10.1. The van der Waals surface area contributed by atoms with E-state index in [1.165, 1.54) is 11.3 Å². The van der Waals surface area contributed by atoms with Crippen molar-refractivity contribution < 1.29 is 9.53 Å². The summed E-state index contributed by atoms with van der Waals surface area (Å²) in [6.07, 6.45) is 1.09. The monoisotopic (exact) mass is 428 g/mol. The number of thiazole rings is 1. The summed E-state index contributed by atoms with van der Waals surface area (Å²) in [5.41, 5.74) is 4.39. The van der Waals surface area contributed by atoms with Gasteiger partial charge in [0.1, 0.15) is 10.8 Å². The number of ketones is 1. The Morgan fingerprint density at radius 1 is 1.00 bits per heavy atom. The zero-order valence-corrected chi connectivity index (χ0v) is 17.7. The number of aromatic nitrogens is 2. The Kier molecular flexibility index (Phi) is 5.00. The summed E-state index contributed by atoms with van der Waals surface area (Å²) >= 11 is 1.40. The minimum atomic E-state index is -0.212. The van der Waals surface area contributed by atoms with E-state index < -0.39 is 0 Å². The van der Waals surface area contributed by atoms with E-state index >= 15 is 0 Å². The van der Waals surface area contributed by atoms with Crippen molar-refractivity contribution in [1.29, 1.82) is 0 Å². The van der Waals surface area contributed by atoms with Crippen molar-refractivity contribution >= 4 is 17.1 Å². The molecule has 0 aliphatic heterocycles. The van der Waals surface area contributed by atoms with Crippen LogP contribution in [0.15, 0.2) is 70.8 Å². The molecule has 0 saturated heterocycles. The molecule has 1 aliphatic rings. The number of rotatable bonds is 4. The van der Waals surface area contributed by atoms with Crippen molar-refractivity contribution in [1.82, 2.24) is 9.97 Å². The Balaban J connectivity index is 1.47. The number of nitrogens with zero attached hydrogens (tertiary/aromatic N) is 1. The van der Waals surface area contributed by atoms with Crippen LogP contribution in [-0.4, -0.2) is 22.9 Å². The summed E-state index contributed by atoms with van der Waals surface area (Å²) in [5, 5.41) is 2.52. The van der Waals surface area contributed by atoms with Crippen molar-refractivity contribution in [3.63, 3.8) is 0 Å². The van der Waals surface area contributed by atoms with E-state index in [4.69, 9.17) is 4.74 Å².